The predicted molar refractivity (Wildman–Crippen MR) is 167 cm³/mol. The van der Waals surface area contributed by atoms with Crippen LogP contribution in [-0.4, -0.2) is 65.0 Å². The maximum Gasteiger partial charge on any atom is 0.416 e. The molecule has 2 aliphatic heterocycles. The highest BCUT2D eigenvalue weighted by Gasteiger charge is 2.42. The highest BCUT2D eigenvalue weighted by molar-refractivity contribution is 5.77. The first-order chi connectivity index (χ1) is 20.5. The number of aliphatic hydroxyl groups is 1. The van der Waals surface area contributed by atoms with Gasteiger partial charge in [-0.25, -0.2) is 0 Å². The molecule has 2 heterocycles. The van der Waals surface area contributed by atoms with Crippen molar-refractivity contribution in [2.75, 3.05) is 26.2 Å². The fourth-order valence-corrected chi connectivity index (χ4v) is 6.67. The highest BCUT2D eigenvalue weighted by Crippen LogP contribution is 2.39. The topological polar surface area (TPSA) is 65.0 Å². The highest BCUT2D eigenvalue weighted by atomic mass is 19.4. The van der Waals surface area contributed by atoms with Gasteiger partial charge in [-0.15, -0.1) is 0 Å². The van der Waals surface area contributed by atoms with Gasteiger partial charge >= 0.3 is 6.18 Å². The number of likely N-dealkylation sites (tertiary alicyclic amines) is 1. The van der Waals surface area contributed by atoms with Gasteiger partial charge < -0.3 is 20.1 Å². The Morgan fingerprint density at radius 3 is 2.09 bits per heavy atom. The van der Waals surface area contributed by atoms with Gasteiger partial charge in [-0.2, -0.15) is 13.2 Å². The molecule has 1 amide bonds. The fourth-order valence-electron chi connectivity index (χ4n) is 6.67. The molecule has 0 aliphatic carbocycles. The van der Waals surface area contributed by atoms with Gasteiger partial charge in [0.1, 0.15) is 0 Å². The molecule has 2 aromatic carbocycles. The number of nitrogens with zero attached hydrogens (tertiary/aromatic N) is 2. The maximum absolute atomic E-state index is 13.9. The Balaban J connectivity index is 1.52. The molecule has 2 saturated heterocycles. The lowest BCUT2D eigenvalue weighted by molar-refractivity contribution is -0.243. The van der Waals surface area contributed by atoms with Crippen molar-refractivity contribution in [2.24, 2.45) is 11.3 Å². The molecule has 3 atom stereocenters. The Morgan fingerprint density at radius 2 is 1.55 bits per heavy atom. The van der Waals surface area contributed by atoms with Crippen molar-refractivity contribution in [3.8, 4) is 0 Å². The van der Waals surface area contributed by atoms with E-state index < -0.39 is 29.3 Å². The van der Waals surface area contributed by atoms with Crippen LogP contribution in [0.3, 0.4) is 0 Å². The van der Waals surface area contributed by atoms with E-state index in [9.17, 15) is 23.1 Å². The van der Waals surface area contributed by atoms with Crippen LogP contribution >= 0.6 is 0 Å². The van der Waals surface area contributed by atoms with Crippen molar-refractivity contribution >= 4 is 5.91 Å². The van der Waals surface area contributed by atoms with Crippen molar-refractivity contribution < 1.29 is 27.8 Å². The van der Waals surface area contributed by atoms with Gasteiger partial charge in [0.15, 0.2) is 0 Å². The molecule has 2 fully saturated rings. The number of carbonyl (C=O) groups is 1. The van der Waals surface area contributed by atoms with Gasteiger partial charge in [0.25, 0.3) is 0 Å². The molecular formula is C35H50F3N3O3. The number of hydrogen-bond donors (Lipinski definition) is 2. The summed E-state index contributed by atoms with van der Waals surface area (Å²) in [5.74, 6) is 0.369. The Bertz CT molecular complexity index is 1220. The van der Waals surface area contributed by atoms with Gasteiger partial charge in [-0.05, 0) is 81.0 Å². The van der Waals surface area contributed by atoms with Crippen LogP contribution < -0.4 is 5.32 Å². The van der Waals surface area contributed by atoms with Gasteiger partial charge in [0.05, 0.1) is 16.7 Å². The van der Waals surface area contributed by atoms with E-state index in [1.165, 1.54) is 0 Å². The van der Waals surface area contributed by atoms with Crippen LogP contribution in [0.2, 0.25) is 0 Å². The Morgan fingerprint density at radius 1 is 0.955 bits per heavy atom. The summed E-state index contributed by atoms with van der Waals surface area (Å²) >= 11 is 0. The van der Waals surface area contributed by atoms with E-state index in [1.807, 2.05) is 60.9 Å². The summed E-state index contributed by atoms with van der Waals surface area (Å²) in [5, 5.41) is 14.3. The van der Waals surface area contributed by atoms with E-state index in [2.05, 4.69) is 26.1 Å². The second-order valence-corrected chi connectivity index (χ2v) is 14.5. The average Bonchev–Trinajstić information content (AvgIpc) is 2.92. The number of hydrogen-bond acceptors (Lipinski definition) is 5. The summed E-state index contributed by atoms with van der Waals surface area (Å²) in [4.78, 5) is 17.9. The third-order valence-electron chi connectivity index (χ3n) is 9.10. The molecule has 0 bridgehead atoms. The smallest absolute Gasteiger partial charge is 0.356 e. The van der Waals surface area contributed by atoms with Crippen LogP contribution in [0.15, 0.2) is 54.6 Å². The Hall–Kier alpha value is -2.46. The first-order valence-corrected chi connectivity index (χ1v) is 15.9. The quantitative estimate of drug-likeness (QED) is 0.351. The van der Waals surface area contributed by atoms with Crippen molar-refractivity contribution in [3.05, 3.63) is 71.3 Å². The van der Waals surface area contributed by atoms with Gasteiger partial charge in [0, 0.05) is 38.6 Å². The molecule has 4 rings (SSSR count). The van der Waals surface area contributed by atoms with Crippen LogP contribution in [0.5, 0.6) is 0 Å². The third-order valence-corrected chi connectivity index (χ3v) is 9.10. The largest absolute Gasteiger partial charge is 0.416 e. The number of alkyl halides is 3. The molecule has 2 N–H and O–H groups in total. The molecule has 9 heteroatoms. The third kappa shape index (κ3) is 8.42. The number of carbonyl (C=O) groups excluding carboxylic acids is 1. The number of benzene rings is 2. The Kier molecular flexibility index (Phi) is 10.6. The standard InChI is InChI=1S/C35H50F3N3O3/c1-32(2,3)29-24-39-34(26-11-8-7-9-12-26,27-13-15-28(16-14-27)35(36,37)38)19-10-20-41(29)30(42)23-25-17-21-40(22-18-25)31(43)44-33(4,5)6/h7-9,11-16,25,29,31,39,43H,10,17-24H2,1-6H3/t29?,31?,34-/m0/s1. The summed E-state index contributed by atoms with van der Waals surface area (Å²) in [7, 11) is 0. The fraction of sp³-hybridized carbons (Fsp3) is 0.629. The first kappa shape index (κ1) is 34.4. The summed E-state index contributed by atoms with van der Waals surface area (Å²) < 4.78 is 45.9. The van der Waals surface area contributed by atoms with E-state index in [0.29, 0.717) is 45.4 Å². The molecule has 2 unspecified atom stereocenters. The molecule has 44 heavy (non-hydrogen) atoms. The van der Waals surface area contributed by atoms with E-state index in [4.69, 9.17) is 4.74 Å². The maximum atomic E-state index is 13.9. The number of piperidine rings is 1. The zero-order chi connectivity index (χ0) is 32.3. The lowest BCUT2D eigenvalue weighted by atomic mass is 9.76. The zero-order valence-corrected chi connectivity index (χ0v) is 27.1. The second kappa shape index (κ2) is 13.5. The minimum Gasteiger partial charge on any atom is -0.356 e. The van der Waals surface area contributed by atoms with Gasteiger partial charge in [-0.1, -0.05) is 63.2 Å². The van der Waals surface area contributed by atoms with Crippen LogP contribution in [0.25, 0.3) is 0 Å². The number of nitrogens with one attached hydrogen (secondary N) is 1. The average molecular weight is 618 g/mol. The van der Waals surface area contributed by atoms with Crippen LogP contribution in [-0.2, 0) is 21.2 Å². The predicted octanol–water partition coefficient (Wildman–Crippen LogP) is 6.77. The number of halogens is 3. The van der Waals surface area contributed by atoms with E-state index >= 15 is 0 Å². The number of rotatable bonds is 6. The van der Waals surface area contributed by atoms with E-state index in [0.717, 1.165) is 36.1 Å². The minimum atomic E-state index is -4.40. The molecule has 0 aromatic heterocycles. The van der Waals surface area contributed by atoms with Crippen LogP contribution in [0.1, 0.15) is 90.3 Å². The first-order valence-electron chi connectivity index (χ1n) is 15.9. The summed E-state index contributed by atoms with van der Waals surface area (Å²) in [6.07, 6.45) is -1.95. The molecule has 2 aromatic rings. The Labute approximate surface area is 261 Å². The van der Waals surface area contributed by atoms with E-state index in [-0.39, 0.29) is 23.3 Å². The zero-order valence-electron chi connectivity index (χ0n) is 27.1. The molecule has 0 spiro atoms. The SMILES string of the molecule is CC(C)(C)OC(O)N1CCC(CC(=O)N2CCC[C@](c3ccccc3)(c3ccc(C(F)(F)F)cc3)NCC2C(C)(C)C)CC1. The molecule has 0 radical (unpaired) electrons. The summed E-state index contributed by atoms with van der Waals surface area (Å²) in [6, 6.07) is 15.3. The molecular weight excluding hydrogens is 567 g/mol. The van der Waals surface area contributed by atoms with E-state index in [1.54, 1.807) is 12.1 Å². The normalized spacial score (nSPS) is 24.0. The molecule has 244 valence electrons. The lowest BCUT2D eigenvalue weighted by Crippen LogP contribution is -2.58. The van der Waals surface area contributed by atoms with Crippen molar-refractivity contribution in [2.45, 2.75) is 103 Å². The summed E-state index contributed by atoms with van der Waals surface area (Å²) in [6.45, 7) is 14.6. The van der Waals surface area contributed by atoms with Gasteiger partial charge in [-0.3, -0.25) is 9.69 Å². The second-order valence-electron chi connectivity index (χ2n) is 14.5. The minimum absolute atomic E-state index is 0.116. The van der Waals surface area contributed by atoms with Gasteiger partial charge in [0.2, 0.25) is 12.3 Å². The number of ether oxygens (including phenoxy) is 1. The van der Waals surface area contributed by atoms with Crippen LogP contribution in [0.4, 0.5) is 13.2 Å². The molecule has 6 nitrogen and oxygen atoms in total. The van der Waals surface area contributed by atoms with Crippen molar-refractivity contribution in [1.29, 1.82) is 0 Å². The van der Waals surface area contributed by atoms with Crippen molar-refractivity contribution in [1.82, 2.24) is 15.1 Å². The monoisotopic (exact) mass is 617 g/mol. The lowest BCUT2D eigenvalue weighted by Gasteiger charge is -2.47. The molecule has 0 saturated carbocycles. The number of amides is 1. The van der Waals surface area contributed by atoms with Crippen LogP contribution in [0, 0.1) is 11.3 Å². The van der Waals surface area contributed by atoms with Crippen molar-refractivity contribution in [3.63, 3.8) is 0 Å². The number of aliphatic hydroxyl groups excluding tert-OH is 1. The molecule has 2 aliphatic rings. The summed E-state index contributed by atoms with van der Waals surface area (Å²) in [5.41, 5.74) is -0.252.